The van der Waals surface area contributed by atoms with Crippen LogP contribution in [0, 0.1) is 13.8 Å². The monoisotopic (exact) mass is 176 g/mol. The summed E-state index contributed by atoms with van der Waals surface area (Å²) in [5.41, 5.74) is 4.08. The van der Waals surface area contributed by atoms with E-state index < -0.39 is 0 Å². The standard InChI is InChI=1S/C12H16O/c1-10-6-5-7-11(2)12(10)8-3-4-9-13/h5-7,9H,3-4,8H2,1-2H3. The van der Waals surface area contributed by atoms with Gasteiger partial charge in [-0.05, 0) is 43.4 Å². The van der Waals surface area contributed by atoms with Gasteiger partial charge in [0.25, 0.3) is 0 Å². The fraction of sp³-hybridized carbons (Fsp3) is 0.417. The van der Waals surface area contributed by atoms with Gasteiger partial charge >= 0.3 is 0 Å². The number of carbonyl (C=O) groups excluding carboxylic acids is 1. The lowest BCUT2D eigenvalue weighted by Crippen LogP contribution is -1.93. The molecule has 0 heterocycles. The molecule has 1 aromatic carbocycles. The lowest BCUT2D eigenvalue weighted by atomic mass is 9.98. The van der Waals surface area contributed by atoms with E-state index in [1.54, 1.807) is 0 Å². The molecule has 1 rings (SSSR count). The van der Waals surface area contributed by atoms with Gasteiger partial charge in [0, 0.05) is 6.42 Å². The van der Waals surface area contributed by atoms with E-state index in [2.05, 4.69) is 32.0 Å². The Hall–Kier alpha value is -1.11. The van der Waals surface area contributed by atoms with E-state index in [4.69, 9.17) is 0 Å². The summed E-state index contributed by atoms with van der Waals surface area (Å²) in [5.74, 6) is 0. The third-order valence-electron chi connectivity index (χ3n) is 2.39. The largest absolute Gasteiger partial charge is 0.303 e. The van der Waals surface area contributed by atoms with Crippen LogP contribution in [0.5, 0.6) is 0 Å². The van der Waals surface area contributed by atoms with Crippen LogP contribution in [0.15, 0.2) is 18.2 Å². The normalized spacial score (nSPS) is 10.0. The highest BCUT2D eigenvalue weighted by Gasteiger charge is 2.00. The highest BCUT2D eigenvalue weighted by molar-refractivity contribution is 5.49. The van der Waals surface area contributed by atoms with Crippen LogP contribution < -0.4 is 0 Å². The molecule has 1 nitrogen and oxygen atoms in total. The molecule has 0 atom stereocenters. The van der Waals surface area contributed by atoms with Crippen LogP contribution in [0.25, 0.3) is 0 Å². The zero-order valence-electron chi connectivity index (χ0n) is 8.34. The average Bonchev–Trinajstić information content (AvgIpc) is 2.10. The van der Waals surface area contributed by atoms with E-state index in [-0.39, 0.29) is 0 Å². The number of aryl methyl sites for hydroxylation is 2. The van der Waals surface area contributed by atoms with Gasteiger partial charge in [-0.15, -0.1) is 0 Å². The van der Waals surface area contributed by atoms with Crippen molar-refractivity contribution in [2.24, 2.45) is 0 Å². The Kier molecular flexibility index (Phi) is 3.69. The number of unbranched alkanes of at least 4 members (excludes halogenated alkanes) is 1. The molecule has 0 aromatic heterocycles. The molecule has 1 aromatic rings. The van der Waals surface area contributed by atoms with Crippen LogP contribution in [-0.2, 0) is 11.2 Å². The van der Waals surface area contributed by atoms with Crippen LogP contribution >= 0.6 is 0 Å². The molecule has 0 fully saturated rings. The minimum absolute atomic E-state index is 0.674. The molecule has 0 radical (unpaired) electrons. The molecule has 0 aliphatic rings. The molecule has 0 amide bonds. The molecule has 0 bridgehead atoms. The second-order valence-electron chi connectivity index (χ2n) is 3.43. The topological polar surface area (TPSA) is 17.1 Å². The Morgan fingerprint density at radius 3 is 2.38 bits per heavy atom. The predicted octanol–water partition coefficient (Wildman–Crippen LogP) is 2.83. The van der Waals surface area contributed by atoms with Gasteiger partial charge < -0.3 is 4.79 Å². The molecular weight excluding hydrogens is 160 g/mol. The van der Waals surface area contributed by atoms with Crippen LogP contribution in [0.4, 0.5) is 0 Å². The van der Waals surface area contributed by atoms with Gasteiger partial charge in [0.05, 0.1) is 0 Å². The van der Waals surface area contributed by atoms with E-state index in [0.717, 1.165) is 19.1 Å². The third kappa shape index (κ3) is 2.69. The smallest absolute Gasteiger partial charge is 0.120 e. The Balaban J connectivity index is 2.69. The molecule has 0 aliphatic heterocycles. The molecule has 70 valence electrons. The number of hydrogen-bond acceptors (Lipinski definition) is 1. The van der Waals surface area contributed by atoms with Gasteiger partial charge in [-0.1, -0.05) is 18.2 Å². The van der Waals surface area contributed by atoms with E-state index in [0.29, 0.717) is 6.42 Å². The van der Waals surface area contributed by atoms with Crippen molar-refractivity contribution in [3.63, 3.8) is 0 Å². The van der Waals surface area contributed by atoms with Gasteiger partial charge in [-0.25, -0.2) is 0 Å². The summed E-state index contributed by atoms with van der Waals surface area (Å²) in [7, 11) is 0. The average molecular weight is 176 g/mol. The summed E-state index contributed by atoms with van der Waals surface area (Å²) < 4.78 is 0. The summed E-state index contributed by atoms with van der Waals surface area (Å²) in [5, 5.41) is 0. The summed E-state index contributed by atoms with van der Waals surface area (Å²) in [6, 6.07) is 6.33. The van der Waals surface area contributed by atoms with Crippen LogP contribution in [0.1, 0.15) is 29.5 Å². The van der Waals surface area contributed by atoms with Gasteiger partial charge in [0.1, 0.15) is 6.29 Å². The van der Waals surface area contributed by atoms with Crippen molar-refractivity contribution in [2.75, 3.05) is 0 Å². The first-order valence-corrected chi connectivity index (χ1v) is 4.74. The van der Waals surface area contributed by atoms with Gasteiger partial charge in [0.15, 0.2) is 0 Å². The first-order chi connectivity index (χ1) is 6.25. The van der Waals surface area contributed by atoms with E-state index >= 15 is 0 Å². The minimum atomic E-state index is 0.674. The van der Waals surface area contributed by atoms with E-state index in [1.165, 1.54) is 16.7 Å². The van der Waals surface area contributed by atoms with Gasteiger partial charge in [0.2, 0.25) is 0 Å². The second kappa shape index (κ2) is 4.80. The third-order valence-corrected chi connectivity index (χ3v) is 2.39. The summed E-state index contributed by atoms with van der Waals surface area (Å²) in [6.45, 7) is 4.26. The summed E-state index contributed by atoms with van der Waals surface area (Å²) >= 11 is 0. The summed E-state index contributed by atoms with van der Waals surface area (Å²) in [6.07, 6.45) is 3.66. The fourth-order valence-corrected chi connectivity index (χ4v) is 1.61. The zero-order valence-corrected chi connectivity index (χ0v) is 8.34. The molecule has 1 heteroatoms. The molecular formula is C12H16O. The fourth-order valence-electron chi connectivity index (χ4n) is 1.61. The number of aldehydes is 1. The van der Waals surface area contributed by atoms with Crippen molar-refractivity contribution in [2.45, 2.75) is 33.1 Å². The van der Waals surface area contributed by atoms with E-state index in [1.807, 2.05) is 0 Å². The Morgan fingerprint density at radius 1 is 1.23 bits per heavy atom. The molecule has 13 heavy (non-hydrogen) atoms. The molecule has 0 saturated carbocycles. The Labute approximate surface area is 79.8 Å². The lowest BCUT2D eigenvalue weighted by molar-refractivity contribution is -0.107. The molecule has 0 spiro atoms. The number of carbonyl (C=O) groups is 1. The van der Waals surface area contributed by atoms with Crippen LogP contribution in [0.2, 0.25) is 0 Å². The molecule has 0 aliphatic carbocycles. The maximum Gasteiger partial charge on any atom is 0.120 e. The number of rotatable bonds is 4. The quantitative estimate of drug-likeness (QED) is 0.509. The SMILES string of the molecule is Cc1cccc(C)c1CCCC=O. The molecule has 0 saturated heterocycles. The van der Waals surface area contributed by atoms with Crippen molar-refractivity contribution in [1.29, 1.82) is 0 Å². The van der Waals surface area contributed by atoms with Crippen LogP contribution in [0.3, 0.4) is 0 Å². The van der Waals surface area contributed by atoms with Crippen molar-refractivity contribution >= 4 is 6.29 Å². The maximum atomic E-state index is 10.2. The first kappa shape index (κ1) is 9.97. The van der Waals surface area contributed by atoms with Gasteiger partial charge in [-0.2, -0.15) is 0 Å². The number of benzene rings is 1. The van der Waals surface area contributed by atoms with Crippen molar-refractivity contribution in [1.82, 2.24) is 0 Å². The zero-order chi connectivity index (χ0) is 9.68. The van der Waals surface area contributed by atoms with E-state index in [9.17, 15) is 4.79 Å². The minimum Gasteiger partial charge on any atom is -0.303 e. The maximum absolute atomic E-state index is 10.2. The molecule has 0 unspecified atom stereocenters. The second-order valence-corrected chi connectivity index (χ2v) is 3.43. The highest BCUT2D eigenvalue weighted by Crippen LogP contribution is 2.15. The number of hydrogen-bond donors (Lipinski definition) is 0. The lowest BCUT2D eigenvalue weighted by Gasteiger charge is -2.07. The first-order valence-electron chi connectivity index (χ1n) is 4.74. The Morgan fingerprint density at radius 2 is 1.85 bits per heavy atom. The van der Waals surface area contributed by atoms with Gasteiger partial charge in [-0.3, -0.25) is 0 Å². The van der Waals surface area contributed by atoms with Crippen molar-refractivity contribution in [3.8, 4) is 0 Å². The molecule has 0 N–H and O–H groups in total. The highest BCUT2D eigenvalue weighted by atomic mass is 16.1. The van der Waals surface area contributed by atoms with Crippen molar-refractivity contribution in [3.05, 3.63) is 34.9 Å². The van der Waals surface area contributed by atoms with Crippen LogP contribution in [-0.4, -0.2) is 6.29 Å². The predicted molar refractivity (Wildman–Crippen MR) is 54.9 cm³/mol. The van der Waals surface area contributed by atoms with Crippen molar-refractivity contribution < 1.29 is 4.79 Å². The summed E-state index contributed by atoms with van der Waals surface area (Å²) in [4.78, 5) is 10.2. The Bertz CT molecular complexity index is 269.